The van der Waals surface area contributed by atoms with Gasteiger partial charge < -0.3 is 9.47 Å². The van der Waals surface area contributed by atoms with Crippen molar-refractivity contribution in [2.45, 2.75) is 23.5 Å². The van der Waals surface area contributed by atoms with Crippen molar-refractivity contribution in [3.05, 3.63) is 76.0 Å². The fourth-order valence-electron chi connectivity index (χ4n) is 3.92. The van der Waals surface area contributed by atoms with Crippen LogP contribution in [0.1, 0.15) is 24.0 Å². The molecule has 154 valence electrons. The van der Waals surface area contributed by atoms with Crippen LogP contribution in [-0.2, 0) is 24.8 Å². The molecule has 2 aliphatic rings. The van der Waals surface area contributed by atoms with Crippen molar-refractivity contribution in [2.24, 2.45) is 10.9 Å². The van der Waals surface area contributed by atoms with Gasteiger partial charge in [-0.2, -0.15) is 0 Å². The van der Waals surface area contributed by atoms with Crippen molar-refractivity contribution in [2.75, 3.05) is 13.7 Å². The minimum Gasteiger partial charge on any atom is -0.468 e. The average Bonchev–Trinajstić information content (AvgIpc) is 3.11. The molecule has 2 aromatic carbocycles. The number of halogens is 1. The predicted octanol–water partition coefficient (Wildman–Crippen LogP) is 4.79. The first kappa shape index (κ1) is 20.7. The maximum atomic E-state index is 12.7. The van der Waals surface area contributed by atoms with Crippen molar-refractivity contribution in [3.63, 3.8) is 0 Å². The number of rotatable bonds is 5. The number of benzene rings is 2. The summed E-state index contributed by atoms with van der Waals surface area (Å²) in [5, 5.41) is 0.690. The van der Waals surface area contributed by atoms with Crippen LogP contribution in [0.2, 0.25) is 5.02 Å². The van der Waals surface area contributed by atoms with E-state index in [0.717, 1.165) is 16.0 Å². The summed E-state index contributed by atoms with van der Waals surface area (Å²) in [4.78, 5) is 30.7. The van der Waals surface area contributed by atoms with Gasteiger partial charge in [0.05, 0.1) is 18.4 Å². The van der Waals surface area contributed by atoms with Crippen LogP contribution >= 0.6 is 23.4 Å². The molecule has 5 nitrogen and oxygen atoms in total. The molecule has 2 atom stereocenters. The number of cyclic esters (lactones) is 1. The third kappa shape index (κ3) is 3.89. The van der Waals surface area contributed by atoms with Gasteiger partial charge in [0.1, 0.15) is 12.5 Å². The highest BCUT2D eigenvalue weighted by molar-refractivity contribution is 7.98. The van der Waals surface area contributed by atoms with Gasteiger partial charge in [0.2, 0.25) is 0 Å². The van der Waals surface area contributed by atoms with E-state index in [1.807, 2.05) is 48.5 Å². The van der Waals surface area contributed by atoms with E-state index < -0.39 is 23.8 Å². The van der Waals surface area contributed by atoms with Crippen molar-refractivity contribution >= 4 is 41.0 Å². The molecule has 0 spiro atoms. The number of thioether (sulfide) groups is 1. The van der Waals surface area contributed by atoms with E-state index in [0.29, 0.717) is 27.8 Å². The van der Waals surface area contributed by atoms with E-state index >= 15 is 0 Å². The zero-order valence-corrected chi connectivity index (χ0v) is 18.1. The van der Waals surface area contributed by atoms with Gasteiger partial charge in [0, 0.05) is 27.3 Å². The Bertz CT molecular complexity index is 1080. The van der Waals surface area contributed by atoms with Crippen LogP contribution in [0.3, 0.4) is 0 Å². The molecule has 30 heavy (non-hydrogen) atoms. The first-order chi connectivity index (χ1) is 14.5. The number of aliphatic imine (C=N–C) groups is 1. The molecule has 2 aromatic rings. The lowest BCUT2D eigenvalue weighted by molar-refractivity contribution is -0.143. The van der Waals surface area contributed by atoms with E-state index in [1.54, 1.807) is 18.7 Å². The Hall–Kier alpha value is -2.57. The van der Waals surface area contributed by atoms with E-state index in [2.05, 4.69) is 4.99 Å². The van der Waals surface area contributed by atoms with Gasteiger partial charge in [-0.3, -0.25) is 9.79 Å². The number of carbonyl (C=O) groups excluding carboxylic acids is 2. The van der Waals surface area contributed by atoms with Gasteiger partial charge in [0.25, 0.3) is 0 Å². The van der Waals surface area contributed by atoms with Crippen molar-refractivity contribution in [3.8, 4) is 0 Å². The molecule has 0 bridgehead atoms. The SMILES string of the molecule is COC(=O)C1C(C)=NC2=C(C(=O)OC2)C1c1ccccc1SCc1cccc(Cl)c1. The Morgan fingerprint density at radius 1 is 1.27 bits per heavy atom. The topological polar surface area (TPSA) is 65.0 Å². The number of carbonyl (C=O) groups is 2. The standard InChI is InChI=1S/C23H20ClNO4S/c1-13-19(22(26)28-2)20(21-17(25-13)11-29-23(21)27)16-8-3-4-9-18(16)30-12-14-6-5-7-15(24)10-14/h3-10,19-20H,11-12H2,1-2H3. The summed E-state index contributed by atoms with van der Waals surface area (Å²) < 4.78 is 10.3. The number of esters is 2. The quantitative estimate of drug-likeness (QED) is 0.493. The largest absolute Gasteiger partial charge is 0.468 e. The number of ether oxygens (including phenoxy) is 2. The lowest BCUT2D eigenvalue weighted by atomic mass is 9.76. The van der Waals surface area contributed by atoms with Crippen LogP contribution in [0.25, 0.3) is 0 Å². The number of hydrogen-bond donors (Lipinski definition) is 0. The van der Waals surface area contributed by atoms with Crippen LogP contribution < -0.4 is 0 Å². The van der Waals surface area contributed by atoms with E-state index in [9.17, 15) is 9.59 Å². The summed E-state index contributed by atoms with van der Waals surface area (Å²) in [7, 11) is 1.35. The summed E-state index contributed by atoms with van der Waals surface area (Å²) in [6.07, 6.45) is 0. The fourth-order valence-corrected chi connectivity index (χ4v) is 5.17. The molecule has 0 fully saturated rings. The Morgan fingerprint density at radius 3 is 2.83 bits per heavy atom. The Labute approximate surface area is 184 Å². The number of nitrogens with zero attached hydrogens (tertiary/aromatic N) is 1. The smallest absolute Gasteiger partial charge is 0.337 e. The molecule has 0 aromatic heterocycles. The molecule has 0 N–H and O–H groups in total. The van der Waals surface area contributed by atoms with Gasteiger partial charge in [-0.25, -0.2) is 4.79 Å². The molecule has 7 heteroatoms. The summed E-state index contributed by atoms with van der Waals surface area (Å²) in [6, 6.07) is 15.5. The first-order valence-electron chi connectivity index (χ1n) is 9.49. The van der Waals surface area contributed by atoms with E-state index in [4.69, 9.17) is 21.1 Å². The molecule has 0 amide bonds. The second-order valence-electron chi connectivity index (χ2n) is 7.12. The van der Waals surface area contributed by atoms with Crippen molar-refractivity contribution in [1.82, 2.24) is 0 Å². The molecule has 2 unspecified atom stereocenters. The zero-order valence-electron chi connectivity index (χ0n) is 16.6. The predicted molar refractivity (Wildman–Crippen MR) is 117 cm³/mol. The molecule has 0 radical (unpaired) electrons. The highest BCUT2D eigenvalue weighted by Gasteiger charge is 2.45. The van der Waals surface area contributed by atoms with Crippen LogP contribution in [0, 0.1) is 5.92 Å². The van der Waals surface area contributed by atoms with Crippen LogP contribution in [0.5, 0.6) is 0 Å². The summed E-state index contributed by atoms with van der Waals surface area (Å²) in [6.45, 7) is 1.93. The first-order valence-corrected chi connectivity index (χ1v) is 10.8. The molecule has 0 saturated carbocycles. The molecular formula is C23H20ClNO4S. The normalized spacial score (nSPS) is 20.5. The van der Waals surface area contributed by atoms with Gasteiger partial charge in [-0.05, 0) is 36.2 Å². The minimum atomic E-state index is -0.674. The van der Waals surface area contributed by atoms with Crippen molar-refractivity contribution in [1.29, 1.82) is 0 Å². The molecule has 0 saturated heterocycles. The second kappa shape index (κ2) is 8.66. The highest BCUT2D eigenvalue weighted by Crippen LogP contribution is 2.45. The molecule has 0 aliphatic carbocycles. The lowest BCUT2D eigenvalue weighted by Gasteiger charge is -2.30. The summed E-state index contributed by atoms with van der Waals surface area (Å²) in [5.41, 5.74) is 3.65. The molecule has 2 aliphatic heterocycles. The van der Waals surface area contributed by atoms with Crippen LogP contribution in [-0.4, -0.2) is 31.4 Å². The minimum absolute atomic E-state index is 0.133. The Morgan fingerprint density at radius 2 is 2.07 bits per heavy atom. The number of methoxy groups -OCH3 is 1. The molecular weight excluding hydrogens is 422 g/mol. The fraction of sp³-hybridized carbons (Fsp3) is 0.261. The summed E-state index contributed by atoms with van der Waals surface area (Å²) >= 11 is 7.75. The maximum Gasteiger partial charge on any atom is 0.337 e. The van der Waals surface area contributed by atoms with Crippen molar-refractivity contribution < 1.29 is 19.1 Å². The van der Waals surface area contributed by atoms with Gasteiger partial charge >= 0.3 is 11.9 Å². The zero-order chi connectivity index (χ0) is 21.3. The molecule has 4 rings (SSSR count). The summed E-state index contributed by atoms with van der Waals surface area (Å²) in [5.74, 6) is -1.30. The third-order valence-corrected chi connectivity index (χ3v) is 6.66. The van der Waals surface area contributed by atoms with E-state index in [1.165, 1.54) is 7.11 Å². The second-order valence-corrected chi connectivity index (χ2v) is 8.58. The lowest BCUT2D eigenvalue weighted by Crippen LogP contribution is -2.35. The maximum absolute atomic E-state index is 12.7. The Balaban J connectivity index is 1.74. The highest BCUT2D eigenvalue weighted by atomic mass is 35.5. The third-order valence-electron chi connectivity index (χ3n) is 5.27. The number of hydrogen-bond acceptors (Lipinski definition) is 6. The van der Waals surface area contributed by atoms with E-state index in [-0.39, 0.29) is 6.61 Å². The van der Waals surface area contributed by atoms with Gasteiger partial charge in [-0.15, -0.1) is 11.8 Å². The molecule has 2 heterocycles. The average molecular weight is 442 g/mol. The Kier molecular flexibility index (Phi) is 5.97. The monoisotopic (exact) mass is 441 g/mol. The van der Waals surface area contributed by atoms with Crippen LogP contribution in [0.15, 0.2) is 69.7 Å². The van der Waals surface area contributed by atoms with Gasteiger partial charge in [0.15, 0.2) is 0 Å². The van der Waals surface area contributed by atoms with Gasteiger partial charge in [-0.1, -0.05) is 41.9 Å². The van der Waals surface area contributed by atoms with Crippen LogP contribution in [0.4, 0.5) is 0 Å².